The minimum atomic E-state index is -4.14. The van der Waals surface area contributed by atoms with Gasteiger partial charge in [0.2, 0.25) is 5.95 Å². The molecule has 9 atom stereocenters. The Morgan fingerprint density at radius 3 is 2.84 bits per heavy atom. The molecule has 0 saturated carbocycles. The third-order valence-electron chi connectivity index (χ3n) is 7.02. The normalized spacial score (nSPS) is 29.0. The third kappa shape index (κ3) is 5.97. The van der Waals surface area contributed by atoms with Crippen LogP contribution < -0.4 is 17.0 Å². The summed E-state index contributed by atoms with van der Waals surface area (Å²) < 4.78 is 58.3. The van der Waals surface area contributed by atoms with E-state index in [0.29, 0.717) is 16.7 Å². The second kappa shape index (κ2) is 12.3. The van der Waals surface area contributed by atoms with Crippen LogP contribution in [0.3, 0.4) is 0 Å². The van der Waals surface area contributed by atoms with Crippen LogP contribution in [0.25, 0.3) is 22.2 Å². The van der Waals surface area contributed by atoms with Crippen LogP contribution in [0.15, 0.2) is 29.3 Å². The molecule has 0 spiro atoms. The first kappa shape index (κ1) is 31.3. The van der Waals surface area contributed by atoms with Gasteiger partial charge in [0, 0.05) is 29.9 Å². The third-order valence-corrected chi connectivity index (χ3v) is 9.31. The number of aromatic amines is 1. The lowest BCUT2D eigenvalue weighted by Gasteiger charge is -2.25. The van der Waals surface area contributed by atoms with E-state index in [9.17, 15) is 19.4 Å². The number of nitrogens with two attached hydrogens (primary N) is 2. The molecule has 0 radical (unpaired) electrons. The average Bonchev–Trinajstić information content (AvgIpc) is 3.73. The van der Waals surface area contributed by atoms with Crippen LogP contribution in [-0.2, 0) is 39.4 Å². The van der Waals surface area contributed by atoms with Gasteiger partial charge < -0.3 is 44.6 Å². The topological polar surface area (TPSA) is 250 Å². The summed E-state index contributed by atoms with van der Waals surface area (Å²) in [5.41, 5.74) is 11.6. The van der Waals surface area contributed by atoms with Gasteiger partial charge in [-0.25, -0.2) is 9.37 Å². The number of fused-ring (bicyclic) bond motifs is 2. The number of rotatable bonds is 10. The van der Waals surface area contributed by atoms with Gasteiger partial charge in [-0.05, 0) is 28.5 Å². The van der Waals surface area contributed by atoms with Crippen LogP contribution in [0.5, 0.6) is 0 Å². The number of aliphatic hydroxyl groups excluding tert-OH is 1. The number of nitrogens with one attached hydrogen (secondary N) is 1. The summed E-state index contributed by atoms with van der Waals surface area (Å²) in [4.78, 5) is 33.8. The van der Waals surface area contributed by atoms with Crippen LogP contribution in [0.2, 0.25) is 0 Å². The van der Waals surface area contributed by atoms with Gasteiger partial charge in [-0.3, -0.25) is 9.78 Å². The van der Waals surface area contributed by atoms with Gasteiger partial charge in [0.05, 0.1) is 19.3 Å². The molecule has 7 N–H and O–H groups in total. The molecule has 4 aromatic rings. The maximum absolute atomic E-state index is 15.7. The highest BCUT2D eigenvalue weighted by Crippen LogP contribution is 2.51. The van der Waals surface area contributed by atoms with E-state index < -0.39 is 75.8 Å². The Hall–Kier alpha value is -2.68. The fourth-order valence-electron chi connectivity index (χ4n) is 5.11. The van der Waals surface area contributed by atoms with Crippen molar-refractivity contribution in [3.8, 4) is 0 Å². The molecule has 2 unspecified atom stereocenters. The van der Waals surface area contributed by atoms with E-state index in [1.165, 1.54) is 17.0 Å². The molecule has 2 saturated heterocycles. The minimum Gasteiger partial charge on any atom is -0.398 e. The molecule has 0 bridgehead atoms. The first-order valence-electron chi connectivity index (χ1n) is 12.8. The van der Waals surface area contributed by atoms with E-state index in [-0.39, 0.29) is 23.5 Å². The highest BCUT2D eigenvalue weighted by atomic mass is 32.7. The second-order valence-corrected chi connectivity index (χ2v) is 14.3. The van der Waals surface area contributed by atoms with Crippen molar-refractivity contribution in [2.75, 3.05) is 24.7 Å². The Bertz CT molecular complexity index is 1830. The number of aromatic nitrogens is 7. The molecular formula is C21H25FN9O9P2S2+. The quantitative estimate of drug-likeness (QED) is 0.0995. The lowest BCUT2D eigenvalue weighted by atomic mass is 10.1. The van der Waals surface area contributed by atoms with Crippen LogP contribution in [0, 0.1) is 0 Å². The van der Waals surface area contributed by atoms with E-state index in [2.05, 4.69) is 37.5 Å². The van der Waals surface area contributed by atoms with Gasteiger partial charge in [-0.1, -0.05) is 5.21 Å². The first-order valence-corrected chi connectivity index (χ1v) is 17.7. The van der Waals surface area contributed by atoms with Crippen molar-refractivity contribution in [1.29, 1.82) is 0 Å². The van der Waals surface area contributed by atoms with Gasteiger partial charge in [-0.15, -0.1) is 9.62 Å². The SMILES string of the molecule is Nc1nc2c(nnn2[C@@H]2O[C@H](CO)C[C@H]2OP(O)(=S)OC[C@H]2O[C@@H](n3ccc4c(N)ccnc43)[C@@H](F)[C@@H]2O[P+](=O)S)c(=O)[nH]1. The van der Waals surface area contributed by atoms with Gasteiger partial charge in [0.25, 0.3) is 5.56 Å². The van der Waals surface area contributed by atoms with E-state index in [0.717, 1.165) is 4.68 Å². The summed E-state index contributed by atoms with van der Waals surface area (Å²) in [7, 11) is -2.57. The Morgan fingerprint density at radius 1 is 1.30 bits per heavy atom. The van der Waals surface area contributed by atoms with E-state index in [1.54, 1.807) is 12.1 Å². The van der Waals surface area contributed by atoms with Gasteiger partial charge in [0.1, 0.15) is 30.1 Å². The molecule has 0 aliphatic carbocycles. The van der Waals surface area contributed by atoms with Crippen LogP contribution in [0.4, 0.5) is 16.0 Å². The van der Waals surface area contributed by atoms with Crippen molar-refractivity contribution < 1.29 is 42.0 Å². The molecule has 2 fully saturated rings. The number of aliphatic hydroxyl groups is 1. The molecule has 2 aliphatic heterocycles. The molecule has 6 rings (SSSR count). The number of alkyl halides is 1. The number of thiol groups is 1. The molecule has 0 amide bonds. The van der Waals surface area contributed by atoms with E-state index >= 15 is 4.39 Å². The maximum atomic E-state index is 15.7. The number of ether oxygens (including phenoxy) is 2. The molecule has 23 heteroatoms. The predicted octanol–water partition coefficient (Wildman–Crippen LogP) is 0.835. The standard InChI is InChI=1S/C21H24FN9O9P2S2/c22-13-15(39-41(34)43)12(38-20(13)30-4-2-9-10(23)1-3-25-16(9)30)7-36-42(35,44)40-11-5-8(6-32)37-19(11)31-17-14(28-29-31)18(33)27-21(24)26-17/h1-4,8,11-13,15,19-20,32H,5-7H2,(H6-,23,24,25,26,27,29,33,34,35,43,44)/p+1/t8-,11+,12+,13-,15+,19+,20+,42?/m0/s1. The summed E-state index contributed by atoms with van der Waals surface area (Å²) in [5, 5.41) is 18.0. The zero-order valence-electron chi connectivity index (χ0n) is 22.2. The van der Waals surface area contributed by atoms with Gasteiger partial charge in [0.15, 0.2) is 35.9 Å². The number of nitrogens with zero attached hydrogens (tertiary/aromatic N) is 6. The van der Waals surface area contributed by atoms with Crippen molar-refractivity contribution in [1.82, 2.24) is 34.5 Å². The summed E-state index contributed by atoms with van der Waals surface area (Å²) in [6.45, 7) is -5.10. The highest BCUT2D eigenvalue weighted by Gasteiger charge is 2.52. The lowest BCUT2D eigenvalue weighted by Crippen LogP contribution is -2.32. The van der Waals surface area contributed by atoms with E-state index in [1.807, 2.05) is 0 Å². The Morgan fingerprint density at radius 2 is 2.09 bits per heavy atom. The molecule has 6 heterocycles. The van der Waals surface area contributed by atoms with Crippen molar-refractivity contribution in [3.63, 3.8) is 0 Å². The number of hydrogen-bond donors (Lipinski definition) is 6. The van der Waals surface area contributed by atoms with Crippen molar-refractivity contribution in [3.05, 3.63) is 34.9 Å². The predicted molar refractivity (Wildman–Crippen MR) is 158 cm³/mol. The molecule has 4 aromatic heterocycles. The summed E-state index contributed by atoms with van der Waals surface area (Å²) in [6, 6.07) is 3.24. The first-order chi connectivity index (χ1) is 21.0. The average molecular weight is 693 g/mol. The molecule has 18 nitrogen and oxygen atoms in total. The number of anilines is 2. The molecule has 2 aliphatic rings. The minimum absolute atomic E-state index is 0.0285. The highest BCUT2D eigenvalue weighted by molar-refractivity contribution is 8.39. The Kier molecular flexibility index (Phi) is 8.72. The summed E-state index contributed by atoms with van der Waals surface area (Å²) >= 11 is 8.98. The monoisotopic (exact) mass is 692 g/mol. The van der Waals surface area contributed by atoms with Gasteiger partial charge >= 0.3 is 13.9 Å². The van der Waals surface area contributed by atoms with E-state index in [4.69, 9.17) is 46.3 Å². The number of H-pyrrole nitrogens is 1. The fourth-order valence-corrected chi connectivity index (χ4v) is 7.34. The number of halogens is 1. The second-order valence-electron chi connectivity index (χ2n) is 9.81. The zero-order valence-corrected chi connectivity index (χ0v) is 25.7. The lowest BCUT2D eigenvalue weighted by molar-refractivity contribution is -0.0585. The van der Waals surface area contributed by atoms with Crippen molar-refractivity contribution in [2.45, 2.75) is 49.5 Å². The number of pyridine rings is 1. The summed E-state index contributed by atoms with van der Waals surface area (Å²) in [6.07, 6.45) is -5.79. The smallest absolute Gasteiger partial charge is 0.398 e. The fraction of sp³-hybridized carbons (Fsp3) is 0.476. The maximum Gasteiger partial charge on any atom is 0.582 e. The molecule has 44 heavy (non-hydrogen) atoms. The Balaban J connectivity index is 1.20. The van der Waals surface area contributed by atoms with Crippen molar-refractivity contribution in [2.24, 2.45) is 0 Å². The largest absolute Gasteiger partial charge is 0.582 e. The van der Waals surface area contributed by atoms with Crippen LogP contribution in [-0.4, -0.2) is 88.3 Å². The van der Waals surface area contributed by atoms with Crippen molar-refractivity contribution >= 4 is 71.8 Å². The number of nitrogen functional groups attached to an aromatic ring is 2. The number of hydrogen-bond acceptors (Lipinski definition) is 15. The molecule has 236 valence electrons. The molecule has 0 aromatic carbocycles. The summed E-state index contributed by atoms with van der Waals surface area (Å²) in [5.74, 6) is -0.205. The zero-order chi connectivity index (χ0) is 31.3. The van der Waals surface area contributed by atoms with Crippen LogP contribution >= 0.6 is 26.2 Å². The Labute approximate surface area is 257 Å². The van der Waals surface area contributed by atoms with Gasteiger partial charge in [-0.2, -0.15) is 9.67 Å². The molecular weight excluding hydrogens is 667 g/mol. The van der Waals surface area contributed by atoms with Crippen LogP contribution in [0.1, 0.15) is 18.9 Å².